The number of carbonyl (C=O) groups excluding carboxylic acids is 1. The van der Waals surface area contributed by atoms with E-state index in [9.17, 15) is 9.59 Å². The molecule has 11 nitrogen and oxygen atoms in total. The first kappa shape index (κ1) is 25.9. The van der Waals surface area contributed by atoms with Gasteiger partial charge in [0, 0.05) is 79.6 Å². The number of piperazine rings is 1. The van der Waals surface area contributed by atoms with Gasteiger partial charge in [-0.15, -0.1) is 0 Å². The van der Waals surface area contributed by atoms with Crippen molar-refractivity contribution in [3.8, 4) is 5.75 Å². The summed E-state index contributed by atoms with van der Waals surface area (Å²) in [7, 11) is 1.52. The molecule has 0 saturated carbocycles. The number of amides is 1. The predicted molar refractivity (Wildman–Crippen MR) is 150 cm³/mol. The molecule has 2 aliphatic rings. The lowest BCUT2D eigenvalue weighted by Crippen LogP contribution is -2.42. The molecule has 2 aliphatic heterocycles. The van der Waals surface area contributed by atoms with E-state index < -0.39 is 0 Å². The molecule has 1 aromatic carbocycles. The van der Waals surface area contributed by atoms with Crippen molar-refractivity contribution in [1.82, 2.24) is 23.0 Å². The number of halogens is 2. The van der Waals surface area contributed by atoms with E-state index in [4.69, 9.17) is 21.1 Å². The van der Waals surface area contributed by atoms with Gasteiger partial charge < -0.3 is 29.6 Å². The third-order valence-electron chi connectivity index (χ3n) is 6.35. The van der Waals surface area contributed by atoms with Gasteiger partial charge in [-0.3, -0.25) is 9.59 Å². The monoisotopic (exact) mass is 639 g/mol. The van der Waals surface area contributed by atoms with Crippen LogP contribution in [0.5, 0.6) is 5.75 Å². The minimum absolute atomic E-state index is 0.116. The molecule has 0 atom stereocenters. The summed E-state index contributed by atoms with van der Waals surface area (Å²) in [4.78, 5) is 36.1. The maximum atomic E-state index is 13.2. The van der Waals surface area contributed by atoms with Crippen molar-refractivity contribution in [2.75, 3.05) is 63.3 Å². The maximum Gasteiger partial charge on any atom is 0.293 e. The summed E-state index contributed by atoms with van der Waals surface area (Å²) in [6.07, 6.45) is 1.60. The molecule has 37 heavy (non-hydrogen) atoms. The number of likely N-dealkylation sites (N-methyl/N-ethyl adjacent to an activating group) is 1. The Hall–Kier alpha value is -2.68. The zero-order valence-electron chi connectivity index (χ0n) is 20.2. The van der Waals surface area contributed by atoms with Crippen LogP contribution in [0.25, 0.3) is 10.9 Å². The van der Waals surface area contributed by atoms with Crippen LogP contribution in [0.1, 0.15) is 0 Å². The van der Waals surface area contributed by atoms with E-state index in [0.717, 1.165) is 42.8 Å². The lowest BCUT2D eigenvalue weighted by Gasteiger charge is -2.31. The molecule has 2 saturated heterocycles. The summed E-state index contributed by atoms with van der Waals surface area (Å²) in [6, 6.07) is 7.34. The molecule has 1 amide bonds. The molecule has 13 heteroatoms. The van der Waals surface area contributed by atoms with E-state index in [-0.39, 0.29) is 29.7 Å². The zero-order chi connectivity index (χ0) is 25.9. The SMILES string of the molecule is CNC(=O)COc1cc2cc(Nc3nc(N4CCN(I)CC4)ncc3Cl)ccc2n(CC2COC2)c1=O. The van der Waals surface area contributed by atoms with E-state index in [1.807, 2.05) is 18.2 Å². The van der Waals surface area contributed by atoms with Crippen LogP contribution < -0.4 is 25.8 Å². The molecule has 196 valence electrons. The number of aromatic nitrogens is 3. The first-order chi connectivity index (χ1) is 17.9. The number of hydrogen-bond acceptors (Lipinski definition) is 9. The van der Waals surface area contributed by atoms with Gasteiger partial charge in [-0.25, -0.2) is 8.10 Å². The van der Waals surface area contributed by atoms with Crippen molar-refractivity contribution in [2.45, 2.75) is 6.54 Å². The first-order valence-electron chi connectivity index (χ1n) is 11.9. The van der Waals surface area contributed by atoms with Crippen LogP contribution in [-0.2, 0) is 16.1 Å². The van der Waals surface area contributed by atoms with Gasteiger partial charge in [0.05, 0.1) is 24.9 Å². The highest BCUT2D eigenvalue weighted by molar-refractivity contribution is 14.1. The highest BCUT2D eigenvalue weighted by Gasteiger charge is 2.22. The maximum absolute atomic E-state index is 13.2. The van der Waals surface area contributed by atoms with Crippen molar-refractivity contribution in [3.05, 3.63) is 45.8 Å². The van der Waals surface area contributed by atoms with E-state index in [1.54, 1.807) is 16.8 Å². The normalized spacial score (nSPS) is 16.5. The molecular formula is C24H27ClIN7O4. The van der Waals surface area contributed by atoms with Crippen molar-refractivity contribution >= 4 is 68.7 Å². The summed E-state index contributed by atoms with van der Waals surface area (Å²) in [5.41, 5.74) is 1.23. The number of benzene rings is 1. The number of carbonyl (C=O) groups is 1. The number of nitrogens with zero attached hydrogens (tertiary/aromatic N) is 5. The Labute approximate surface area is 232 Å². The van der Waals surface area contributed by atoms with Gasteiger partial charge in [0.1, 0.15) is 5.02 Å². The summed E-state index contributed by atoms with van der Waals surface area (Å²) >= 11 is 8.76. The standard InChI is InChI=1S/C24H27ClIN7O4/c1-27-21(34)14-37-20-9-16-8-17(2-3-19(16)33(23(20)35)11-15-12-36-13-15)29-22-18(25)10-28-24(30-22)31-4-6-32(26)7-5-31/h2-3,8-10,15H,4-7,11-14H2,1H3,(H,27,34)(H,28,29,30). The fraction of sp³-hybridized carbons (Fsp3) is 0.417. The van der Waals surface area contributed by atoms with Gasteiger partial charge >= 0.3 is 0 Å². The highest BCUT2D eigenvalue weighted by atomic mass is 127. The van der Waals surface area contributed by atoms with E-state index in [1.165, 1.54) is 7.05 Å². The fourth-order valence-corrected chi connectivity index (χ4v) is 4.77. The Morgan fingerprint density at radius 3 is 2.73 bits per heavy atom. The quantitative estimate of drug-likeness (QED) is 0.284. The van der Waals surface area contributed by atoms with Crippen molar-refractivity contribution in [3.63, 3.8) is 0 Å². The topological polar surface area (TPSA) is 114 Å². The van der Waals surface area contributed by atoms with Crippen molar-refractivity contribution in [1.29, 1.82) is 0 Å². The third-order valence-corrected chi connectivity index (χ3v) is 7.59. The summed E-state index contributed by atoms with van der Waals surface area (Å²) in [5, 5.41) is 6.98. The van der Waals surface area contributed by atoms with E-state index >= 15 is 0 Å². The highest BCUT2D eigenvalue weighted by Crippen LogP contribution is 2.29. The average Bonchev–Trinajstić information content (AvgIpc) is 2.87. The molecular weight excluding hydrogens is 613 g/mol. The zero-order valence-corrected chi connectivity index (χ0v) is 23.2. The Bertz CT molecular complexity index is 1360. The second kappa shape index (κ2) is 11.4. The van der Waals surface area contributed by atoms with Crippen LogP contribution in [0.15, 0.2) is 35.3 Å². The van der Waals surface area contributed by atoms with Gasteiger partial charge in [0.15, 0.2) is 18.2 Å². The minimum Gasteiger partial charge on any atom is -0.478 e. The van der Waals surface area contributed by atoms with Crippen LogP contribution in [0.2, 0.25) is 5.02 Å². The molecule has 2 N–H and O–H groups in total. The molecule has 0 spiro atoms. The summed E-state index contributed by atoms with van der Waals surface area (Å²) < 4.78 is 14.8. The Balaban J connectivity index is 1.45. The number of nitrogens with one attached hydrogen (secondary N) is 2. The average molecular weight is 640 g/mol. The van der Waals surface area contributed by atoms with Gasteiger partial charge in [0.25, 0.3) is 11.5 Å². The Morgan fingerprint density at radius 2 is 2.03 bits per heavy atom. The number of anilines is 3. The molecule has 5 rings (SSSR count). The molecule has 0 bridgehead atoms. The van der Waals surface area contributed by atoms with E-state index in [2.05, 4.69) is 51.5 Å². The first-order valence-corrected chi connectivity index (χ1v) is 13.3. The van der Waals surface area contributed by atoms with Crippen molar-refractivity contribution < 1.29 is 14.3 Å². The summed E-state index contributed by atoms with van der Waals surface area (Å²) in [6.45, 7) is 5.01. The predicted octanol–water partition coefficient (Wildman–Crippen LogP) is 2.43. The number of ether oxygens (including phenoxy) is 2. The smallest absolute Gasteiger partial charge is 0.293 e. The van der Waals surface area contributed by atoms with Gasteiger partial charge in [-0.05, 0) is 24.3 Å². The van der Waals surface area contributed by atoms with Crippen LogP contribution in [0.3, 0.4) is 0 Å². The number of rotatable bonds is 8. The third kappa shape index (κ3) is 5.92. The largest absolute Gasteiger partial charge is 0.478 e. The lowest BCUT2D eigenvalue weighted by atomic mass is 10.1. The number of pyridine rings is 1. The van der Waals surface area contributed by atoms with Crippen LogP contribution in [0, 0.1) is 5.92 Å². The second-order valence-electron chi connectivity index (χ2n) is 8.95. The molecule has 2 fully saturated rings. The molecule has 0 radical (unpaired) electrons. The fourth-order valence-electron chi connectivity index (χ4n) is 4.20. The van der Waals surface area contributed by atoms with E-state index in [0.29, 0.717) is 36.5 Å². The summed E-state index contributed by atoms with van der Waals surface area (Å²) in [5.74, 6) is 1.17. The molecule has 4 heterocycles. The van der Waals surface area contributed by atoms with Gasteiger partial charge in [-0.1, -0.05) is 11.6 Å². The lowest BCUT2D eigenvalue weighted by molar-refractivity contribution is -0.122. The number of fused-ring (bicyclic) bond motifs is 1. The van der Waals surface area contributed by atoms with Crippen LogP contribution >= 0.6 is 34.5 Å². The second-order valence-corrected chi connectivity index (χ2v) is 10.7. The van der Waals surface area contributed by atoms with Crippen molar-refractivity contribution in [2.24, 2.45) is 5.92 Å². The van der Waals surface area contributed by atoms with Gasteiger partial charge in [0.2, 0.25) is 5.95 Å². The van der Waals surface area contributed by atoms with Crippen LogP contribution in [0.4, 0.5) is 17.5 Å². The number of hydrogen-bond donors (Lipinski definition) is 2. The molecule has 3 aromatic rings. The van der Waals surface area contributed by atoms with Crippen LogP contribution in [-0.4, -0.2) is 76.6 Å². The minimum atomic E-state index is -0.317. The molecule has 2 aromatic heterocycles. The Kier molecular flexibility index (Phi) is 7.98. The van der Waals surface area contributed by atoms with Gasteiger partial charge in [-0.2, -0.15) is 4.98 Å². The Morgan fingerprint density at radius 1 is 1.24 bits per heavy atom. The molecule has 0 unspecified atom stereocenters. The molecule has 0 aliphatic carbocycles.